The van der Waals surface area contributed by atoms with Gasteiger partial charge in [-0.1, -0.05) is 0 Å². The molecule has 90 valence electrons. The molecule has 0 spiro atoms. The zero-order valence-electron chi connectivity index (χ0n) is 10.2. The van der Waals surface area contributed by atoms with Crippen molar-refractivity contribution in [2.24, 2.45) is 5.92 Å². The van der Waals surface area contributed by atoms with Gasteiger partial charge in [0.1, 0.15) is 11.4 Å². The number of amides is 1. The Morgan fingerprint density at radius 1 is 1.38 bits per heavy atom. The normalized spacial score (nSPS) is 29.4. The summed E-state index contributed by atoms with van der Waals surface area (Å²) in [7, 11) is 0. The van der Waals surface area contributed by atoms with E-state index in [0.29, 0.717) is 25.3 Å². The lowest BCUT2D eigenvalue weighted by Gasteiger charge is -2.28. The first kappa shape index (κ1) is 11.4. The maximum Gasteiger partial charge on any atom is 0.410 e. The number of rotatable bonds is 0. The van der Waals surface area contributed by atoms with E-state index in [0.717, 1.165) is 6.42 Å². The monoisotopic (exact) mass is 225 g/mol. The number of likely N-dealkylation sites (tertiary alicyclic amines) is 1. The van der Waals surface area contributed by atoms with E-state index in [1.165, 1.54) is 0 Å². The average molecular weight is 225 g/mol. The molecule has 1 saturated heterocycles. The third kappa shape index (κ3) is 2.36. The van der Waals surface area contributed by atoms with Gasteiger partial charge in [-0.2, -0.15) is 0 Å². The molecule has 0 aromatic heterocycles. The minimum atomic E-state index is -0.461. The molecular weight excluding hydrogens is 206 g/mol. The van der Waals surface area contributed by atoms with Gasteiger partial charge in [-0.05, 0) is 33.1 Å². The van der Waals surface area contributed by atoms with Crippen LogP contribution < -0.4 is 0 Å². The van der Waals surface area contributed by atoms with Crippen molar-refractivity contribution in [3.05, 3.63) is 0 Å². The first-order valence-corrected chi connectivity index (χ1v) is 5.86. The number of ether oxygens (including phenoxy) is 1. The van der Waals surface area contributed by atoms with Crippen LogP contribution in [0.1, 0.15) is 40.0 Å². The summed E-state index contributed by atoms with van der Waals surface area (Å²) in [5.74, 6) is 0.645. The second-order valence-corrected chi connectivity index (χ2v) is 5.84. The molecule has 16 heavy (non-hydrogen) atoms. The highest BCUT2D eigenvalue weighted by molar-refractivity contribution is 5.82. The Bertz CT molecular complexity index is 319. The lowest BCUT2D eigenvalue weighted by atomic mass is 9.89. The van der Waals surface area contributed by atoms with Gasteiger partial charge in [0.05, 0.1) is 0 Å². The van der Waals surface area contributed by atoms with Crippen molar-refractivity contribution < 1.29 is 14.3 Å². The van der Waals surface area contributed by atoms with E-state index < -0.39 is 5.60 Å². The number of fused-ring (bicyclic) bond motifs is 2. The molecule has 2 fully saturated rings. The van der Waals surface area contributed by atoms with Gasteiger partial charge >= 0.3 is 6.09 Å². The summed E-state index contributed by atoms with van der Waals surface area (Å²) < 4.78 is 5.34. The Labute approximate surface area is 95.9 Å². The van der Waals surface area contributed by atoms with E-state index in [2.05, 4.69) is 0 Å². The van der Waals surface area contributed by atoms with Gasteiger partial charge < -0.3 is 9.64 Å². The van der Waals surface area contributed by atoms with Crippen molar-refractivity contribution in [2.45, 2.75) is 51.7 Å². The number of nitrogens with zero attached hydrogens (tertiary/aromatic N) is 1. The van der Waals surface area contributed by atoms with Gasteiger partial charge in [-0.15, -0.1) is 0 Å². The smallest absolute Gasteiger partial charge is 0.410 e. The van der Waals surface area contributed by atoms with E-state index in [1.807, 2.05) is 20.8 Å². The summed E-state index contributed by atoms with van der Waals surface area (Å²) in [5.41, 5.74) is -0.461. The Hall–Kier alpha value is -1.06. The van der Waals surface area contributed by atoms with E-state index in [-0.39, 0.29) is 17.9 Å². The Morgan fingerprint density at radius 3 is 2.69 bits per heavy atom. The molecule has 0 aromatic rings. The Balaban J connectivity index is 2.01. The van der Waals surface area contributed by atoms with Crippen LogP contribution in [0, 0.1) is 5.92 Å². The highest BCUT2D eigenvalue weighted by Crippen LogP contribution is 2.34. The number of carbonyl (C=O) groups is 2. The van der Waals surface area contributed by atoms with Gasteiger partial charge in [-0.3, -0.25) is 4.79 Å². The van der Waals surface area contributed by atoms with Crippen LogP contribution in [0.15, 0.2) is 0 Å². The second-order valence-electron chi connectivity index (χ2n) is 5.84. The van der Waals surface area contributed by atoms with Gasteiger partial charge in [0.15, 0.2) is 0 Å². The van der Waals surface area contributed by atoms with Gasteiger partial charge in [0.2, 0.25) is 0 Å². The third-order valence-electron chi connectivity index (χ3n) is 3.11. The van der Waals surface area contributed by atoms with Gasteiger partial charge in [-0.25, -0.2) is 4.79 Å². The third-order valence-corrected chi connectivity index (χ3v) is 3.11. The number of hydrogen-bond acceptors (Lipinski definition) is 3. The fraction of sp³-hybridized carbons (Fsp3) is 0.833. The minimum Gasteiger partial charge on any atom is -0.444 e. The summed E-state index contributed by atoms with van der Waals surface area (Å²) in [6.45, 7) is 6.26. The Morgan fingerprint density at radius 2 is 2.06 bits per heavy atom. The quantitative estimate of drug-likeness (QED) is 0.633. The molecule has 2 rings (SSSR count). The number of Topliss-reactive ketones (excluding diaryl/α,β-unsaturated/α-hetero) is 1. The highest BCUT2D eigenvalue weighted by atomic mass is 16.6. The standard InChI is InChI=1S/C12H19NO3/c1-12(2,3)16-11(15)13-7-8-4-9(13)6-10(14)5-8/h8-9H,4-7H2,1-3H3/t8-,9-/m1/s1. The van der Waals surface area contributed by atoms with Crippen LogP contribution >= 0.6 is 0 Å². The van der Waals surface area contributed by atoms with E-state index in [1.54, 1.807) is 4.90 Å². The summed E-state index contributed by atoms with van der Waals surface area (Å²) in [6, 6.07) is 0.0844. The molecule has 1 aliphatic carbocycles. The van der Waals surface area contributed by atoms with E-state index >= 15 is 0 Å². The van der Waals surface area contributed by atoms with Crippen LogP contribution in [0.2, 0.25) is 0 Å². The summed E-state index contributed by atoms with van der Waals surface area (Å²) in [6.07, 6.45) is 1.84. The fourth-order valence-corrected chi connectivity index (χ4v) is 2.57. The van der Waals surface area contributed by atoms with Crippen LogP contribution in [0.5, 0.6) is 0 Å². The molecule has 1 amide bonds. The lowest BCUT2D eigenvalue weighted by molar-refractivity contribution is -0.121. The molecular formula is C12H19NO3. The zero-order valence-corrected chi connectivity index (χ0v) is 10.2. The van der Waals surface area contributed by atoms with Crippen molar-refractivity contribution in [2.75, 3.05) is 6.54 Å². The predicted octanol–water partition coefficient (Wildman–Crippen LogP) is 1.97. The molecule has 0 N–H and O–H groups in total. The molecule has 2 bridgehead atoms. The van der Waals surface area contributed by atoms with Gasteiger partial charge in [0.25, 0.3) is 0 Å². The molecule has 1 aliphatic heterocycles. The highest BCUT2D eigenvalue weighted by Gasteiger charge is 2.42. The molecule has 2 atom stereocenters. The van der Waals surface area contributed by atoms with Crippen LogP contribution in [0.3, 0.4) is 0 Å². The summed E-state index contributed by atoms with van der Waals surface area (Å²) >= 11 is 0. The van der Waals surface area contributed by atoms with Crippen molar-refractivity contribution in [1.82, 2.24) is 4.90 Å². The van der Waals surface area contributed by atoms with Crippen LogP contribution in [0.25, 0.3) is 0 Å². The molecule has 0 aromatic carbocycles. The van der Waals surface area contributed by atoms with E-state index in [9.17, 15) is 9.59 Å². The van der Waals surface area contributed by atoms with Crippen LogP contribution in [0.4, 0.5) is 4.79 Å². The van der Waals surface area contributed by atoms with Crippen LogP contribution in [-0.4, -0.2) is 35.0 Å². The molecule has 0 unspecified atom stereocenters. The molecule has 4 nitrogen and oxygen atoms in total. The van der Waals surface area contributed by atoms with Crippen molar-refractivity contribution in [3.63, 3.8) is 0 Å². The number of hydrogen-bond donors (Lipinski definition) is 0. The predicted molar refractivity (Wildman–Crippen MR) is 59.1 cm³/mol. The topological polar surface area (TPSA) is 46.6 Å². The van der Waals surface area contributed by atoms with Crippen molar-refractivity contribution in [3.8, 4) is 0 Å². The van der Waals surface area contributed by atoms with Crippen molar-refractivity contribution in [1.29, 1.82) is 0 Å². The zero-order chi connectivity index (χ0) is 11.9. The maximum atomic E-state index is 11.9. The molecule has 2 aliphatic rings. The summed E-state index contributed by atoms with van der Waals surface area (Å²) in [5, 5.41) is 0. The largest absolute Gasteiger partial charge is 0.444 e. The van der Waals surface area contributed by atoms with Crippen molar-refractivity contribution >= 4 is 11.9 Å². The number of ketones is 1. The molecule has 0 radical (unpaired) electrons. The Kier molecular flexibility index (Phi) is 2.68. The molecule has 4 heteroatoms. The number of carbonyl (C=O) groups excluding carboxylic acids is 2. The molecule has 1 heterocycles. The first-order valence-electron chi connectivity index (χ1n) is 5.86. The lowest BCUT2D eigenvalue weighted by Crippen LogP contribution is -2.40. The summed E-state index contributed by atoms with van der Waals surface area (Å²) in [4.78, 5) is 25.0. The van der Waals surface area contributed by atoms with Crippen LogP contribution in [-0.2, 0) is 9.53 Å². The van der Waals surface area contributed by atoms with E-state index in [4.69, 9.17) is 4.74 Å². The minimum absolute atomic E-state index is 0.0844. The first-order chi connectivity index (χ1) is 7.35. The SMILES string of the molecule is CC(C)(C)OC(=O)N1C[C@H]2CC(=O)C[C@H]1C2. The van der Waals surface area contributed by atoms with Gasteiger partial charge in [0, 0.05) is 25.4 Å². The average Bonchev–Trinajstić information content (AvgIpc) is 2.38. The maximum absolute atomic E-state index is 11.9. The molecule has 1 saturated carbocycles. The second kappa shape index (κ2) is 3.75. The fourth-order valence-electron chi connectivity index (χ4n) is 2.57.